The average Bonchev–Trinajstić information content (AvgIpc) is 3.27. The van der Waals surface area contributed by atoms with Gasteiger partial charge in [0.05, 0.1) is 22.4 Å². The Morgan fingerprint density at radius 1 is 1.21 bits per heavy atom. The number of benzene rings is 1. The molecule has 0 unspecified atom stereocenters. The summed E-state index contributed by atoms with van der Waals surface area (Å²) in [5.41, 5.74) is 3.90. The van der Waals surface area contributed by atoms with Gasteiger partial charge in [-0.2, -0.15) is 5.10 Å². The number of aryl methyl sites for hydroxylation is 3. The summed E-state index contributed by atoms with van der Waals surface area (Å²) in [6.45, 7) is 7.79. The van der Waals surface area contributed by atoms with Gasteiger partial charge in [0.2, 0.25) is 5.91 Å². The molecule has 0 aliphatic carbocycles. The number of carbonyl (C=O) groups is 1. The highest BCUT2D eigenvalue weighted by molar-refractivity contribution is 7.11. The molecule has 0 bridgehead atoms. The topological polar surface area (TPSA) is 63.1 Å². The molecule has 6 nitrogen and oxygen atoms in total. The molecule has 0 radical (unpaired) electrons. The molecule has 3 heterocycles. The zero-order chi connectivity index (χ0) is 20.4. The second-order valence-electron chi connectivity index (χ2n) is 7.70. The average molecular weight is 410 g/mol. The Morgan fingerprint density at radius 2 is 2.00 bits per heavy atom. The van der Waals surface area contributed by atoms with Crippen LogP contribution in [0.3, 0.4) is 0 Å². The zero-order valence-electron chi connectivity index (χ0n) is 17.2. The highest BCUT2D eigenvalue weighted by atomic mass is 32.1. The van der Waals surface area contributed by atoms with Crippen LogP contribution in [0.1, 0.15) is 40.5 Å². The van der Waals surface area contributed by atoms with E-state index in [2.05, 4.69) is 26.4 Å². The quantitative estimate of drug-likeness (QED) is 0.684. The van der Waals surface area contributed by atoms with Crippen molar-refractivity contribution in [3.8, 4) is 5.69 Å². The van der Waals surface area contributed by atoms with E-state index in [0.717, 1.165) is 60.1 Å². The third-order valence-corrected chi connectivity index (χ3v) is 6.23. The highest BCUT2D eigenvalue weighted by Gasteiger charge is 2.29. The third kappa shape index (κ3) is 4.57. The molecule has 4 rings (SSSR count). The zero-order valence-corrected chi connectivity index (χ0v) is 18.0. The van der Waals surface area contributed by atoms with E-state index in [0.29, 0.717) is 0 Å². The van der Waals surface area contributed by atoms with E-state index in [9.17, 15) is 4.79 Å². The third-order valence-electron chi connectivity index (χ3n) is 5.33. The van der Waals surface area contributed by atoms with Crippen molar-refractivity contribution in [2.45, 2.75) is 52.6 Å². The number of anilines is 1. The van der Waals surface area contributed by atoms with Crippen LogP contribution < -0.4 is 5.32 Å². The van der Waals surface area contributed by atoms with Crippen LogP contribution in [-0.2, 0) is 11.3 Å². The lowest BCUT2D eigenvalue weighted by Gasteiger charge is -2.34. The molecule has 0 spiro atoms. The lowest BCUT2D eigenvalue weighted by molar-refractivity contribution is -0.122. The number of hydrogen-bond donors (Lipinski definition) is 1. The number of aromatic nitrogens is 3. The van der Waals surface area contributed by atoms with Crippen molar-refractivity contribution >= 4 is 22.9 Å². The van der Waals surface area contributed by atoms with E-state index in [-0.39, 0.29) is 11.9 Å². The minimum atomic E-state index is -0.0955. The molecular formula is C22H27N5OS. The van der Waals surface area contributed by atoms with Crippen LogP contribution >= 0.6 is 11.3 Å². The molecule has 1 aliphatic rings. The summed E-state index contributed by atoms with van der Waals surface area (Å²) in [7, 11) is 0. The lowest BCUT2D eigenvalue weighted by atomic mass is 10.0. The van der Waals surface area contributed by atoms with E-state index in [1.807, 2.05) is 55.9 Å². The molecule has 0 saturated carbocycles. The van der Waals surface area contributed by atoms with Crippen LogP contribution in [0.25, 0.3) is 5.69 Å². The monoisotopic (exact) mass is 409 g/mol. The Balaban J connectivity index is 1.43. The number of piperidine rings is 1. The number of carbonyl (C=O) groups excluding carboxylic acids is 1. The number of rotatable bonds is 5. The van der Waals surface area contributed by atoms with Crippen molar-refractivity contribution in [1.29, 1.82) is 0 Å². The van der Waals surface area contributed by atoms with Crippen molar-refractivity contribution in [1.82, 2.24) is 19.7 Å². The van der Waals surface area contributed by atoms with Crippen molar-refractivity contribution in [3.05, 3.63) is 57.8 Å². The van der Waals surface area contributed by atoms with Crippen LogP contribution in [0, 0.1) is 20.8 Å². The highest BCUT2D eigenvalue weighted by Crippen LogP contribution is 2.24. The number of thiazole rings is 1. The molecule has 1 aromatic carbocycles. The molecule has 29 heavy (non-hydrogen) atoms. The van der Waals surface area contributed by atoms with Gasteiger partial charge in [0, 0.05) is 29.0 Å². The number of nitrogens with zero attached hydrogens (tertiary/aromatic N) is 4. The normalized spacial score (nSPS) is 17.4. The predicted molar refractivity (Wildman–Crippen MR) is 117 cm³/mol. The van der Waals surface area contributed by atoms with Gasteiger partial charge in [0.15, 0.2) is 0 Å². The molecule has 1 saturated heterocycles. The molecule has 1 N–H and O–H groups in total. The van der Waals surface area contributed by atoms with E-state index in [1.165, 1.54) is 4.88 Å². The van der Waals surface area contributed by atoms with Crippen molar-refractivity contribution in [2.24, 2.45) is 0 Å². The fourth-order valence-corrected chi connectivity index (χ4v) is 4.78. The minimum absolute atomic E-state index is 0.0739. The summed E-state index contributed by atoms with van der Waals surface area (Å²) < 4.78 is 1.92. The van der Waals surface area contributed by atoms with E-state index >= 15 is 0 Å². The molecule has 2 aromatic heterocycles. The summed E-state index contributed by atoms with van der Waals surface area (Å²) in [4.78, 5) is 20.9. The first-order valence-corrected chi connectivity index (χ1v) is 10.9. The molecule has 1 aliphatic heterocycles. The second-order valence-corrected chi connectivity index (χ2v) is 9.02. The molecule has 152 valence electrons. The molecular weight excluding hydrogens is 382 g/mol. The largest absolute Gasteiger partial charge is 0.325 e. The van der Waals surface area contributed by atoms with Crippen molar-refractivity contribution in [2.75, 3.05) is 11.9 Å². The van der Waals surface area contributed by atoms with E-state index in [1.54, 1.807) is 11.3 Å². The van der Waals surface area contributed by atoms with Crippen LogP contribution in [0.5, 0.6) is 0 Å². The van der Waals surface area contributed by atoms with Gasteiger partial charge in [-0.1, -0.05) is 6.42 Å². The smallest absolute Gasteiger partial charge is 0.241 e. The van der Waals surface area contributed by atoms with Gasteiger partial charge < -0.3 is 5.32 Å². The molecule has 1 fully saturated rings. The molecule has 1 amide bonds. The van der Waals surface area contributed by atoms with Crippen molar-refractivity contribution < 1.29 is 4.79 Å². The first-order valence-electron chi connectivity index (χ1n) is 10.1. The lowest BCUT2D eigenvalue weighted by Crippen LogP contribution is -2.46. The van der Waals surface area contributed by atoms with Gasteiger partial charge in [-0.05, 0) is 70.5 Å². The Morgan fingerprint density at radius 3 is 2.66 bits per heavy atom. The predicted octanol–water partition coefficient (Wildman–Crippen LogP) is 4.25. The number of hydrogen-bond acceptors (Lipinski definition) is 5. The second kappa shape index (κ2) is 8.47. The summed E-state index contributed by atoms with van der Waals surface area (Å²) in [6.07, 6.45) is 5.06. The molecule has 1 atom stereocenters. The van der Waals surface area contributed by atoms with Gasteiger partial charge in [0.25, 0.3) is 0 Å². The Kier molecular flexibility index (Phi) is 5.78. The number of likely N-dealkylation sites (tertiary alicyclic amines) is 1. The fourth-order valence-electron chi connectivity index (χ4n) is 3.96. The summed E-state index contributed by atoms with van der Waals surface area (Å²) in [5, 5.41) is 8.69. The Bertz CT molecular complexity index is 991. The Hall–Kier alpha value is -2.51. The molecule has 7 heteroatoms. The van der Waals surface area contributed by atoms with Crippen LogP contribution in [0.4, 0.5) is 5.69 Å². The number of nitrogens with one attached hydrogen (secondary N) is 1. The minimum Gasteiger partial charge on any atom is -0.325 e. The van der Waals surface area contributed by atoms with Gasteiger partial charge in [-0.3, -0.25) is 9.69 Å². The standard InChI is InChI=1S/C22H27N5OS/c1-15-12-16(2)27(25-15)19-9-7-18(8-10-19)24-22(28)21-6-4-5-11-26(21)14-20-13-23-17(3)29-20/h7-10,12-13,21H,4-6,11,14H2,1-3H3,(H,24,28)/t21-/m1/s1. The summed E-state index contributed by atoms with van der Waals surface area (Å²) in [6, 6.07) is 9.84. The van der Waals surface area contributed by atoms with Crippen LogP contribution in [-0.4, -0.2) is 38.2 Å². The maximum absolute atomic E-state index is 13.0. The SMILES string of the molecule is Cc1cc(C)n(-c2ccc(NC(=O)[C@H]3CCCCN3Cc3cnc(C)s3)cc2)n1. The van der Waals surface area contributed by atoms with Gasteiger partial charge in [-0.25, -0.2) is 9.67 Å². The summed E-state index contributed by atoms with van der Waals surface area (Å²) in [5.74, 6) is 0.0739. The first kappa shape index (κ1) is 19.8. The first-order chi connectivity index (χ1) is 14.0. The van der Waals surface area contributed by atoms with Crippen molar-refractivity contribution in [3.63, 3.8) is 0 Å². The van der Waals surface area contributed by atoms with E-state index in [4.69, 9.17) is 0 Å². The number of amides is 1. The van der Waals surface area contributed by atoms with Gasteiger partial charge >= 0.3 is 0 Å². The maximum Gasteiger partial charge on any atom is 0.241 e. The van der Waals surface area contributed by atoms with E-state index < -0.39 is 0 Å². The molecule has 3 aromatic rings. The summed E-state index contributed by atoms with van der Waals surface area (Å²) >= 11 is 1.71. The van der Waals surface area contributed by atoms with Gasteiger partial charge in [0.1, 0.15) is 0 Å². The van der Waals surface area contributed by atoms with Crippen LogP contribution in [0.15, 0.2) is 36.5 Å². The fraction of sp³-hybridized carbons (Fsp3) is 0.409. The van der Waals surface area contributed by atoms with Gasteiger partial charge in [-0.15, -0.1) is 11.3 Å². The van der Waals surface area contributed by atoms with Crippen LogP contribution in [0.2, 0.25) is 0 Å². The maximum atomic E-state index is 13.0. The Labute approximate surface area is 175 Å².